The summed E-state index contributed by atoms with van der Waals surface area (Å²) >= 11 is 0. The quantitative estimate of drug-likeness (QED) is 0.766. The molecule has 0 spiro atoms. The Morgan fingerprint density at radius 3 is 2.37 bits per heavy atom. The largest absolute Gasteiger partial charge is 0.550 e. The van der Waals surface area contributed by atoms with E-state index in [1.165, 1.54) is 0 Å². The van der Waals surface area contributed by atoms with Crippen LogP contribution < -0.4 is 5.11 Å². The van der Waals surface area contributed by atoms with E-state index in [0.717, 1.165) is 18.4 Å². The lowest BCUT2D eigenvalue weighted by molar-refractivity contribution is -0.314. The Balaban J connectivity index is 1.93. The molecule has 4 heteroatoms. The summed E-state index contributed by atoms with van der Waals surface area (Å²) in [6.45, 7) is 0.190. The van der Waals surface area contributed by atoms with Gasteiger partial charge in [0.15, 0.2) is 0 Å². The summed E-state index contributed by atoms with van der Waals surface area (Å²) in [5, 5.41) is 11.0. The molecule has 2 atom stereocenters. The van der Waals surface area contributed by atoms with Gasteiger partial charge in [0.2, 0.25) is 0 Å². The molecule has 0 amide bonds. The first-order chi connectivity index (χ1) is 9.18. The summed E-state index contributed by atoms with van der Waals surface area (Å²) in [5.74, 6) is -2.81. The number of carboxylic acid groups (broad SMARTS) is 1. The predicted molar refractivity (Wildman–Crippen MR) is 66.7 cm³/mol. The highest BCUT2D eigenvalue weighted by molar-refractivity contribution is 5.80. The molecule has 1 fully saturated rings. The zero-order valence-corrected chi connectivity index (χ0v) is 10.7. The van der Waals surface area contributed by atoms with E-state index in [9.17, 15) is 14.7 Å². The molecule has 0 saturated heterocycles. The minimum Gasteiger partial charge on any atom is -0.550 e. The number of rotatable bonds is 4. The molecule has 0 heterocycles. The van der Waals surface area contributed by atoms with Crippen molar-refractivity contribution >= 4 is 11.9 Å². The first-order valence-electron chi connectivity index (χ1n) is 6.60. The molecule has 1 aromatic rings. The summed E-state index contributed by atoms with van der Waals surface area (Å²) in [5.41, 5.74) is 0.900. The molecule has 1 aliphatic carbocycles. The molecule has 1 aliphatic rings. The van der Waals surface area contributed by atoms with Crippen molar-refractivity contribution in [3.05, 3.63) is 35.9 Å². The normalized spacial score (nSPS) is 22.7. The van der Waals surface area contributed by atoms with Gasteiger partial charge in [-0.05, 0) is 18.4 Å². The summed E-state index contributed by atoms with van der Waals surface area (Å²) < 4.78 is 5.22. The summed E-state index contributed by atoms with van der Waals surface area (Å²) in [6.07, 6.45) is 2.79. The molecule has 102 valence electrons. The van der Waals surface area contributed by atoms with Gasteiger partial charge in [0, 0.05) is 11.9 Å². The topological polar surface area (TPSA) is 66.4 Å². The van der Waals surface area contributed by atoms with Crippen LogP contribution in [0, 0.1) is 11.8 Å². The van der Waals surface area contributed by atoms with Crippen molar-refractivity contribution in [2.24, 2.45) is 11.8 Å². The average Bonchev–Trinajstić information content (AvgIpc) is 2.46. The van der Waals surface area contributed by atoms with E-state index in [0.29, 0.717) is 12.8 Å². The number of hydrogen-bond donors (Lipinski definition) is 0. The fraction of sp³-hybridized carbons (Fsp3) is 0.467. The Bertz CT molecular complexity index is 441. The van der Waals surface area contributed by atoms with Crippen molar-refractivity contribution in [2.45, 2.75) is 32.3 Å². The van der Waals surface area contributed by atoms with E-state index in [4.69, 9.17) is 4.74 Å². The van der Waals surface area contributed by atoms with Gasteiger partial charge in [-0.25, -0.2) is 0 Å². The highest BCUT2D eigenvalue weighted by atomic mass is 16.5. The van der Waals surface area contributed by atoms with E-state index in [2.05, 4.69) is 0 Å². The van der Waals surface area contributed by atoms with Crippen LogP contribution in [0.5, 0.6) is 0 Å². The zero-order valence-electron chi connectivity index (χ0n) is 10.7. The molecule has 0 N–H and O–H groups in total. The molecular weight excluding hydrogens is 244 g/mol. The summed E-state index contributed by atoms with van der Waals surface area (Å²) in [7, 11) is 0. The Kier molecular flexibility index (Phi) is 4.55. The number of aliphatic carboxylic acids is 1. The van der Waals surface area contributed by atoms with E-state index in [1.54, 1.807) is 0 Å². The molecule has 19 heavy (non-hydrogen) atoms. The molecule has 2 rings (SSSR count). The van der Waals surface area contributed by atoms with E-state index < -0.39 is 23.8 Å². The first-order valence-corrected chi connectivity index (χ1v) is 6.60. The van der Waals surface area contributed by atoms with Crippen molar-refractivity contribution in [1.29, 1.82) is 0 Å². The number of hydrogen-bond acceptors (Lipinski definition) is 4. The van der Waals surface area contributed by atoms with Gasteiger partial charge in [-0.1, -0.05) is 43.2 Å². The molecule has 4 nitrogen and oxygen atoms in total. The van der Waals surface area contributed by atoms with Gasteiger partial charge in [-0.15, -0.1) is 0 Å². The Hall–Kier alpha value is -1.84. The third kappa shape index (κ3) is 3.56. The number of carbonyl (C=O) groups excluding carboxylic acids is 2. The van der Waals surface area contributed by atoms with Crippen LogP contribution in [-0.4, -0.2) is 11.9 Å². The van der Waals surface area contributed by atoms with Crippen LogP contribution in [0.4, 0.5) is 0 Å². The number of esters is 1. The summed E-state index contributed by atoms with van der Waals surface area (Å²) in [4.78, 5) is 23.0. The molecule has 1 saturated carbocycles. The lowest BCUT2D eigenvalue weighted by Gasteiger charge is -2.30. The van der Waals surface area contributed by atoms with Crippen LogP contribution in [0.25, 0.3) is 0 Å². The second kappa shape index (κ2) is 6.36. The molecule has 1 aromatic carbocycles. The lowest BCUT2D eigenvalue weighted by atomic mass is 9.79. The minimum absolute atomic E-state index is 0.190. The molecule has 0 aromatic heterocycles. The number of carbonyl (C=O) groups is 2. The van der Waals surface area contributed by atoms with E-state index in [1.807, 2.05) is 30.3 Å². The van der Waals surface area contributed by atoms with Crippen molar-refractivity contribution in [3.63, 3.8) is 0 Å². The van der Waals surface area contributed by atoms with Crippen LogP contribution in [0.1, 0.15) is 31.2 Å². The monoisotopic (exact) mass is 261 g/mol. The zero-order chi connectivity index (χ0) is 13.7. The van der Waals surface area contributed by atoms with Crippen molar-refractivity contribution in [3.8, 4) is 0 Å². The van der Waals surface area contributed by atoms with Gasteiger partial charge in [0.1, 0.15) is 6.61 Å². The molecule has 0 bridgehead atoms. The van der Waals surface area contributed by atoms with E-state index in [-0.39, 0.29) is 6.61 Å². The summed E-state index contributed by atoms with van der Waals surface area (Å²) in [6, 6.07) is 9.36. The second-order valence-electron chi connectivity index (χ2n) is 4.91. The van der Waals surface area contributed by atoms with Crippen LogP contribution in [0.3, 0.4) is 0 Å². The second-order valence-corrected chi connectivity index (χ2v) is 4.91. The maximum Gasteiger partial charge on any atom is 0.309 e. The third-order valence-corrected chi connectivity index (χ3v) is 3.60. The smallest absolute Gasteiger partial charge is 0.309 e. The Morgan fingerprint density at radius 2 is 1.74 bits per heavy atom. The van der Waals surface area contributed by atoms with Crippen LogP contribution >= 0.6 is 0 Å². The Morgan fingerprint density at radius 1 is 1.11 bits per heavy atom. The number of carboxylic acids is 1. The van der Waals surface area contributed by atoms with Crippen molar-refractivity contribution in [1.82, 2.24) is 0 Å². The minimum atomic E-state index is -1.14. The third-order valence-electron chi connectivity index (χ3n) is 3.60. The van der Waals surface area contributed by atoms with Gasteiger partial charge in [0.05, 0.1) is 5.92 Å². The molecular formula is C15H17O4-. The van der Waals surface area contributed by atoms with Gasteiger partial charge in [0.25, 0.3) is 0 Å². The number of ether oxygens (including phenoxy) is 1. The van der Waals surface area contributed by atoms with Crippen molar-refractivity contribution in [2.75, 3.05) is 0 Å². The van der Waals surface area contributed by atoms with Crippen LogP contribution in [0.2, 0.25) is 0 Å². The standard InChI is InChI=1S/C15H18O4/c16-14(17)12-8-4-5-9-13(12)15(18)19-10-11-6-2-1-3-7-11/h1-3,6-7,12-13H,4-5,8-10H2,(H,16,17)/p-1/t12-,13-/m1/s1. The molecule has 0 unspecified atom stereocenters. The fourth-order valence-electron chi connectivity index (χ4n) is 2.53. The highest BCUT2D eigenvalue weighted by Gasteiger charge is 2.32. The SMILES string of the molecule is O=C([O-])[C@@H]1CCCC[C@H]1C(=O)OCc1ccccc1. The molecule has 0 radical (unpaired) electrons. The first kappa shape index (κ1) is 13.6. The fourth-order valence-corrected chi connectivity index (χ4v) is 2.53. The highest BCUT2D eigenvalue weighted by Crippen LogP contribution is 2.30. The molecule has 0 aliphatic heterocycles. The van der Waals surface area contributed by atoms with Crippen LogP contribution in [-0.2, 0) is 20.9 Å². The van der Waals surface area contributed by atoms with Gasteiger partial charge in [-0.2, -0.15) is 0 Å². The maximum absolute atomic E-state index is 12.0. The van der Waals surface area contributed by atoms with Gasteiger partial charge < -0.3 is 14.6 Å². The van der Waals surface area contributed by atoms with Crippen LogP contribution in [0.15, 0.2) is 30.3 Å². The average molecular weight is 261 g/mol. The van der Waals surface area contributed by atoms with Gasteiger partial charge >= 0.3 is 5.97 Å². The van der Waals surface area contributed by atoms with Gasteiger partial charge in [-0.3, -0.25) is 4.79 Å². The van der Waals surface area contributed by atoms with E-state index >= 15 is 0 Å². The van der Waals surface area contributed by atoms with Crippen molar-refractivity contribution < 1.29 is 19.4 Å². The maximum atomic E-state index is 12.0. The lowest BCUT2D eigenvalue weighted by Crippen LogP contribution is -2.41. The predicted octanol–water partition coefficient (Wildman–Crippen LogP) is 1.29. The Labute approximate surface area is 112 Å². The number of benzene rings is 1.